The van der Waals surface area contributed by atoms with Crippen LogP contribution in [0.2, 0.25) is 5.02 Å². The molecule has 0 bridgehead atoms. The molecule has 7 nitrogen and oxygen atoms in total. The van der Waals surface area contributed by atoms with Gasteiger partial charge in [0.2, 0.25) is 0 Å². The molecular weight excluding hydrogens is 380 g/mol. The van der Waals surface area contributed by atoms with Gasteiger partial charge in [-0.3, -0.25) is 13.9 Å². The zero-order valence-corrected chi connectivity index (χ0v) is 16.9. The Labute approximate surface area is 167 Å². The van der Waals surface area contributed by atoms with Crippen molar-refractivity contribution in [2.75, 3.05) is 0 Å². The predicted octanol–water partition coefficient (Wildman–Crippen LogP) is 2.76. The molecule has 0 saturated heterocycles. The molecule has 28 heavy (non-hydrogen) atoms. The molecule has 0 aliphatic carbocycles. The highest BCUT2D eigenvalue weighted by molar-refractivity contribution is 6.30. The number of aryl methyl sites for hydroxylation is 2. The maximum Gasteiger partial charge on any atom is 0.333 e. The summed E-state index contributed by atoms with van der Waals surface area (Å²) in [6.07, 6.45) is 2.49. The summed E-state index contributed by atoms with van der Waals surface area (Å²) in [5, 5.41) is 10.3. The molecule has 1 N–H and O–H groups in total. The van der Waals surface area contributed by atoms with Gasteiger partial charge in [0.1, 0.15) is 12.4 Å². The average Bonchev–Trinajstić information content (AvgIpc) is 3.05. The van der Waals surface area contributed by atoms with Gasteiger partial charge >= 0.3 is 5.69 Å². The van der Waals surface area contributed by atoms with E-state index in [0.717, 1.165) is 24.8 Å². The van der Waals surface area contributed by atoms with E-state index >= 15 is 0 Å². The lowest BCUT2D eigenvalue weighted by molar-refractivity contribution is 0.265. The maximum absolute atomic E-state index is 13.3. The number of fused-ring (bicyclic) bond motifs is 1. The highest BCUT2D eigenvalue weighted by atomic mass is 35.5. The summed E-state index contributed by atoms with van der Waals surface area (Å²) in [7, 11) is 0. The molecule has 0 amide bonds. The van der Waals surface area contributed by atoms with Gasteiger partial charge in [-0.15, -0.1) is 0 Å². The van der Waals surface area contributed by atoms with E-state index in [9.17, 15) is 14.7 Å². The molecular formula is C20H25ClN4O3. The molecule has 0 spiro atoms. The zero-order chi connectivity index (χ0) is 20.3. The molecule has 1 aromatic carbocycles. The number of imidazole rings is 1. The number of hydrogen-bond donors (Lipinski definition) is 1. The normalized spacial score (nSPS) is 11.4. The van der Waals surface area contributed by atoms with Gasteiger partial charge in [-0.1, -0.05) is 44.0 Å². The number of rotatable bonds is 8. The molecule has 0 saturated carbocycles. The number of nitrogens with zero attached hydrogens (tertiary/aromatic N) is 4. The molecule has 0 radical (unpaired) electrons. The van der Waals surface area contributed by atoms with Gasteiger partial charge in [0.15, 0.2) is 11.2 Å². The fourth-order valence-corrected chi connectivity index (χ4v) is 3.48. The highest BCUT2D eigenvalue weighted by Gasteiger charge is 2.21. The summed E-state index contributed by atoms with van der Waals surface area (Å²) in [4.78, 5) is 30.8. The number of unbranched alkanes of at least 4 members (excludes halogenated alkanes) is 1. The monoisotopic (exact) mass is 404 g/mol. The number of benzene rings is 1. The Balaban J connectivity index is 2.27. The molecule has 150 valence electrons. The van der Waals surface area contributed by atoms with Crippen LogP contribution in [0.3, 0.4) is 0 Å². The number of halogens is 1. The molecule has 0 atom stereocenters. The topological polar surface area (TPSA) is 82.1 Å². The predicted molar refractivity (Wildman–Crippen MR) is 110 cm³/mol. The lowest BCUT2D eigenvalue weighted by atomic mass is 10.2. The Hall–Kier alpha value is -2.38. The number of hydrogen-bond acceptors (Lipinski definition) is 4. The standard InChI is InChI=1S/C20H25ClN4O3/c1-3-5-11-24-18-17(23(10-4-2)16(13-26)22-18)19(27)25(20(24)28)12-14-6-8-15(21)9-7-14/h6-9,26H,3-5,10-13H2,1-2H3. The van der Waals surface area contributed by atoms with Gasteiger partial charge in [0, 0.05) is 18.1 Å². The van der Waals surface area contributed by atoms with Crippen molar-refractivity contribution in [3.05, 3.63) is 61.5 Å². The smallest absolute Gasteiger partial charge is 0.333 e. The van der Waals surface area contributed by atoms with Crippen molar-refractivity contribution < 1.29 is 5.11 Å². The van der Waals surface area contributed by atoms with Crippen LogP contribution in [0, 0.1) is 0 Å². The van der Waals surface area contributed by atoms with Crippen LogP contribution in [0.25, 0.3) is 11.2 Å². The fraction of sp³-hybridized carbons (Fsp3) is 0.450. The minimum Gasteiger partial charge on any atom is -0.388 e. The lowest BCUT2D eigenvalue weighted by Crippen LogP contribution is -2.41. The third-order valence-electron chi connectivity index (χ3n) is 4.77. The van der Waals surface area contributed by atoms with Crippen molar-refractivity contribution in [1.82, 2.24) is 18.7 Å². The molecule has 2 heterocycles. The minimum absolute atomic E-state index is 0.155. The van der Waals surface area contributed by atoms with E-state index < -0.39 is 0 Å². The zero-order valence-electron chi connectivity index (χ0n) is 16.2. The van der Waals surface area contributed by atoms with E-state index in [-0.39, 0.29) is 24.4 Å². The minimum atomic E-state index is -0.386. The molecule has 0 unspecified atom stereocenters. The molecule has 8 heteroatoms. The summed E-state index contributed by atoms with van der Waals surface area (Å²) in [5.74, 6) is 0.405. The average molecular weight is 405 g/mol. The summed E-state index contributed by atoms with van der Waals surface area (Å²) in [6, 6.07) is 7.08. The van der Waals surface area contributed by atoms with Crippen molar-refractivity contribution in [3.63, 3.8) is 0 Å². The molecule has 3 aromatic rings. The quantitative estimate of drug-likeness (QED) is 0.625. The summed E-state index contributed by atoms with van der Waals surface area (Å²) < 4.78 is 4.54. The van der Waals surface area contributed by atoms with Gasteiger partial charge in [0.25, 0.3) is 5.56 Å². The highest BCUT2D eigenvalue weighted by Crippen LogP contribution is 2.15. The Kier molecular flexibility index (Phi) is 6.36. The second-order valence-corrected chi connectivity index (χ2v) is 7.25. The third-order valence-corrected chi connectivity index (χ3v) is 5.02. The largest absolute Gasteiger partial charge is 0.388 e. The third kappa shape index (κ3) is 3.77. The van der Waals surface area contributed by atoms with Crippen molar-refractivity contribution in [3.8, 4) is 0 Å². The first kappa shape index (κ1) is 20.4. The Morgan fingerprint density at radius 3 is 2.32 bits per heavy atom. The second kappa shape index (κ2) is 8.75. The van der Waals surface area contributed by atoms with Crippen LogP contribution in [0.1, 0.15) is 44.5 Å². The van der Waals surface area contributed by atoms with Crippen LogP contribution in [0.5, 0.6) is 0 Å². The fourth-order valence-electron chi connectivity index (χ4n) is 3.35. The van der Waals surface area contributed by atoms with E-state index in [4.69, 9.17) is 11.6 Å². The molecule has 0 fully saturated rings. The van der Waals surface area contributed by atoms with Crippen LogP contribution < -0.4 is 11.2 Å². The van der Waals surface area contributed by atoms with E-state index in [1.54, 1.807) is 33.4 Å². The Morgan fingerprint density at radius 2 is 1.71 bits per heavy atom. The maximum atomic E-state index is 13.3. The van der Waals surface area contributed by atoms with Crippen LogP contribution in [0.4, 0.5) is 0 Å². The van der Waals surface area contributed by atoms with Crippen molar-refractivity contribution in [2.45, 2.75) is 59.4 Å². The summed E-state index contributed by atoms with van der Waals surface area (Å²) in [5.41, 5.74) is 0.771. The van der Waals surface area contributed by atoms with Crippen LogP contribution in [-0.2, 0) is 26.2 Å². The first-order valence-electron chi connectivity index (χ1n) is 9.59. The second-order valence-electron chi connectivity index (χ2n) is 6.82. The van der Waals surface area contributed by atoms with Crippen LogP contribution in [0.15, 0.2) is 33.9 Å². The Morgan fingerprint density at radius 1 is 1.00 bits per heavy atom. The van der Waals surface area contributed by atoms with Crippen LogP contribution in [-0.4, -0.2) is 23.8 Å². The number of aromatic nitrogens is 4. The van der Waals surface area contributed by atoms with Crippen molar-refractivity contribution in [2.24, 2.45) is 0 Å². The molecule has 0 aliphatic heterocycles. The molecule has 2 aromatic heterocycles. The van der Waals surface area contributed by atoms with E-state index in [1.807, 2.05) is 13.8 Å². The first-order chi connectivity index (χ1) is 13.5. The SMILES string of the molecule is CCCCn1c(=O)n(Cc2ccc(Cl)cc2)c(=O)c2c1nc(CO)n2CCC. The van der Waals surface area contributed by atoms with Crippen molar-refractivity contribution in [1.29, 1.82) is 0 Å². The Bertz CT molecular complexity index is 1080. The van der Waals surface area contributed by atoms with Gasteiger partial charge in [-0.25, -0.2) is 9.78 Å². The van der Waals surface area contributed by atoms with E-state index in [1.165, 1.54) is 4.57 Å². The summed E-state index contributed by atoms with van der Waals surface area (Å²) >= 11 is 5.94. The van der Waals surface area contributed by atoms with Crippen molar-refractivity contribution >= 4 is 22.8 Å². The lowest BCUT2D eigenvalue weighted by Gasteiger charge is -2.12. The molecule has 3 rings (SSSR count). The van der Waals surface area contributed by atoms with Crippen LogP contribution >= 0.6 is 11.6 Å². The van der Waals surface area contributed by atoms with E-state index in [2.05, 4.69) is 4.98 Å². The summed E-state index contributed by atoms with van der Waals surface area (Å²) in [6.45, 7) is 4.93. The molecule has 0 aliphatic rings. The van der Waals surface area contributed by atoms with Gasteiger partial charge in [0.05, 0.1) is 6.54 Å². The van der Waals surface area contributed by atoms with E-state index in [0.29, 0.717) is 35.1 Å². The van der Waals surface area contributed by atoms with Gasteiger partial charge in [-0.2, -0.15) is 0 Å². The first-order valence-corrected chi connectivity index (χ1v) is 9.97. The number of aliphatic hydroxyl groups excluding tert-OH is 1. The number of aliphatic hydroxyl groups is 1. The van der Waals surface area contributed by atoms with Gasteiger partial charge < -0.3 is 9.67 Å². The van der Waals surface area contributed by atoms with Gasteiger partial charge in [-0.05, 0) is 30.5 Å².